The SMILES string of the molecule is CN(Cc1cccc2c1S(=O)(=O)N=C2C1=C(O)[C@H](C(C)(C)C)N(Cc2ccc(F)cc2)C1=O)S(=O)(=O)N1CCNCC1. The maximum Gasteiger partial charge on any atom is 0.283 e. The molecule has 0 aromatic heterocycles. The summed E-state index contributed by atoms with van der Waals surface area (Å²) >= 11 is 0. The summed E-state index contributed by atoms with van der Waals surface area (Å²) in [5.74, 6) is -1.34. The van der Waals surface area contributed by atoms with Crippen LogP contribution in [0.2, 0.25) is 0 Å². The molecule has 0 aliphatic carbocycles. The standard InChI is InChI=1S/C28H34FN5O6S2/c1-28(2,3)26-24(35)22(27(36)34(26)16-18-8-10-20(29)11-9-18)23-21-7-5-6-19(25(21)41(37,38)31-23)17-32(4)42(39,40)33-14-12-30-13-15-33/h5-11,26,30,35H,12-17H2,1-4H3/t26-/m1/s1. The van der Waals surface area contributed by atoms with Gasteiger partial charge in [-0.15, -0.1) is 0 Å². The van der Waals surface area contributed by atoms with E-state index in [1.165, 1.54) is 40.5 Å². The molecular weight excluding hydrogens is 585 g/mol. The Labute approximate surface area is 245 Å². The Morgan fingerprint density at radius 3 is 2.38 bits per heavy atom. The zero-order valence-electron chi connectivity index (χ0n) is 23.8. The number of sulfonamides is 1. The van der Waals surface area contributed by atoms with Crippen LogP contribution in [0.3, 0.4) is 0 Å². The van der Waals surface area contributed by atoms with Crippen molar-refractivity contribution < 1.29 is 31.1 Å². The summed E-state index contributed by atoms with van der Waals surface area (Å²) in [6.45, 7) is 6.96. The van der Waals surface area contributed by atoms with Crippen molar-refractivity contribution in [3.05, 3.63) is 76.3 Å². The summed E-state index contributed by atoms with van der Waals surface area (Å²) in [5, 5.41) is 14.6. The molecule has 0 radical (unpaired) electrons. The van der Waals surface area contributed by atoms with E-state index in [2.05, 4.69) is 9.71 Å². The number of benzene rings is 2. The van der Waals surface area contributed by atoms with Crippen molar-refractivity contribution >= 4 is 31.9 Å². The third-order valence-corrected chi connectivity index (χ3v) is 11.0. The average Bonchev–Trinajstić information content (AvgIpc) is 3.34. The van der Waals surface area contributed by atoms with Crippen LogP contribution in [0.1, 0.15) is 37.5 Å². The van der Waals surface area contributed by atoms with Gasteiger partial charge in [-0.2, -0.15) is 29.8 Å². The maximum absolute atomic E-state index is 13.9. The van der Waals surface area contributed by atoms with Crippen molar-refractivity contribution in [1.82, 2.24) is 18.8 Å². The molecule has 5 rings (SSSR count). The summed E-state index contributed by atoms with van der Waals surface area (Å²) in [7, 11) is -6.81. The van der Waals surface area contributed by atoms with Gasteiger partial charge in [0.1, 0.15) is 27.8 Å². The fourth-order valence-electron chi connectivity index (χ4n) is 5.69. The van der Waals surface area contributed by atoms with Crippen LogP contribution in [-0.2, 0) is 38.1 Å². The molecule has 226 valence electrons. The predicted octanol–water partition coefficient (Wildman–Crippen LogP) is 2.17. The average molecular weight is 620 g/mol. The minimum absolute atomic E-state index is 0.0518. The van der Waals surface area contributed by atoms with Gasteiger partial charge in [-0.25, -0.2) is 4.39 Å². The number of amides is 1. The lowest BCUT2D eigenvalue weighted by atomic mass is 9.84. The number of carbonyl (C=O) groups is 1. The number of rotatable bonds is 7. The summed E-state index contributed by atoms with van der Waals surface area (Å²) in [5.41, 5.74) is -0.104. The monoisotopic (exact) mass is 619 g/mol. The number of aliphatic hydroxyl groups excluding tert-OH is 1. The number of carbonyl (C=O) groups excluding carboxylic acids is 1. The molecule has 2 aromatic rings. The first kappa shape index (κ1) is 30.3. The number of nitrogens with zero attached hydrogens (tertiary/aromatic N) is 4. The van der Waals surface area contributed by atoms with Crippen molar-refractivity contribution in [2.24, 2.45) is 9.81 Å². The molecule has 0 spiro atoms. The highest BCUT2D eigenvalue weighted by molar-refractivity contribution is 7.91. The number of nitrogens with one attached hydrogen (secondary N) is 1. The Kier molecular flexibility index (Phi) is 7.81. The van der Waals surface area contributed by atoms with Gasteiger partial charge in [0.15, 0.2) is 0 Å². The predicted molar refractivity (Wildman–Crippen MR) is 155 cm³/mol. The van der Waals surface area contributed by atoms with Gasteiger partial charge in [0.05, 0.1) is 6.04 Å². The van der Waals surface area contributed by atoms with Crippen molar-refractivity contribution in [2.75, 3.05) is 33.2 Å². The Morgan fingerprint density at radius 2 is 1.76 bits per heavy atom. The van der Waals surface area contributed by atoms with Crippen molar-refractivity contribution in [3.8, 4) is 0 Å². The van der Waals surface area contributed by atoms with Crippen LogP contribution in [0, 0.1) is 11.2 Å². The Balaban J connectivity index is 1.52. The third-order valence-electron chi connectivity index (χ3n) is 7.64. The van der Waals surface area contributed by atoms with Gasteiger partial charge in [0.2, 0.25) is 0 Å². The second kappa shape index (κ2) is 10.8. The van der Waals surface area contributed by atoms with Crippen LogP contribution in [0.25, 0.3) is 0 Å². The largest absolute Gasteiger partial charge is 0.509 e. The smallest absolute Gasteiger partial charge is 0.283 e. The van der Waals surface area contributed by atoms with Gasteiger partial charge in [0.25, 0.3) is 26.1 Å². The first-order valence-corrected chi connectivity index (χ1v) is 16.3. The van der Waals surface area contributed by atoms with E-state index < -0.39 is 43.4 Å². The van der Waals surface area contributed by atoms with Gasteiger partial charge >= 0.3 is 0 Å². The Morgan fingerprint density at radius 1 is 1.12 bits per heavy atom. The number of hydrogen-bond acceptors (Lipinski definition) is 7. The molecule has 0 bridgehead atoms. The topological polar surface area (TPSA) is 140 Å². The van der Waals surface area contributed by atoms with E-state index in [1.54, 1.807) is 18.2 Å². The molecule has 0 unspecified atom stereocenters. The maximum atomic E-state index is 13.9. The van der Waals surface area contributed by atoms with Crippen LogP contribution in [-0.4, -0.2) is 86.3 Å². The summed E-state index contributed by atoms with van der Waals surface area (Å²) in [6.07, 6.45) is 0. The van der Waals surface area contributed by atoms with Gasteiger partial charge in [-0.1, -0.05) is 51.1 Å². The fourth-order valence-corrected chi connectivity index (χ4v) is 8.46. The second-order valence-corrected chi connectivity index (χ2v) is 15.3. The molecule has 14 heteroatoms. The van der Waals surface area contributed by atoms with Gasteiger partial charge in [0, 0.05) is 51.9 Å². The summed E-state index contributed by atoms with van der Waals surface area (Å²) in [6, 6.07) is 9.42. The van der Waals surface area contributed by atoms with E-state index in [0.717, 1.165) is 4.31 Å². The molecule has 1 atom stereocenters. The normalized spacial score (nSPS) is 21.3. The Bertz CT molecular complexity index is 1690. The van der Waals surface area contributed by atoms with Crippen LogP contribution in [0.15, 0.2) is 63.1 Å². The zero-order valence-corrected chi connectivity index (χ0v) is 25.5. The van der Waals surface area contributed by atoms with Crippen molar-refractivity contribution in [2.45, 2.75) is 44.8 Å². The highest BCUT2D eigenvalue weighted by Crippen LogP contribution is 2.41. The van der Waals surface area contributed by atoms with Gasteiger partial charge in [-0.3, -0.25) is 4.79 Å². The summed E-state index contributed by atoms with van der Waals surface area (Å²) in [4.78, 5) is 15.1. The fraction of sp³-hybridized carbons (Fsp3) is 0.429. The molecule has 3 heterocycles. The molecular formula is C28H34FN5O6S2. The van der Waals surface area contributed by atoms with E-state index in [1.807, 2.05) is 20.8 Å². The number of piperazine rings is 1. The molecule has 11 nitrogen and oxygen atoms in total. The molecule has 0 saturated carbocycles. The number of fused-ring (bicyclic) bond motifs is 1. The van der Waals surface area contributed by atoms with Crippen LogP contribution >= 0.6 is 0 Å². The number of hydrogen-bond donors (Lipinski definition) is 2. The van der Waals surface area contributed by atoms with E-state index in [-0.39, 0.29) is 46.2 Å². The highest BCUT2D eigenvalue weighted by atomic mass is 32.2. The Hall–Kier alpha value is -3.17. The first-order chi connectivity index (χ1) is 19.6. The van der Waals surface area contributed by atoms with E-state index in [0.29, 0.717) is 31.7 Å². The van der Waals surface area contributed by atoms with E-state index in [9.17, 15) is 31.1 Å². The van der Waals surface area contributed by atoms with Crippen LogP contribution in [0.4, 0.5) is 4.39 Å². The van der Waals surface area contributed by atoms with Gasteiger partial charge in [-0.05, 0) is 28.7 Å². The van der Waals surface area contributed by atoms with Crippen LogP contribution < -0.4 is 5.32 Å². The van der Waals surface area contributed by atoms with Gasteiger partial charge < -0.3 is 15.3 Å². The van der Waals surface area contributed by atoms with Crippen LogP contribution in [0.5, 0.6) is 0 Å². The van der Waals surface area contributed by atoms with Crippen molar-refractivity contribution in [1.29, 1.82) is 0 Å². The third kappa shape index (κ3) is 5.37. The molecule has 2 aromatic carbocycles. The van der Waals surface area contributed by atoms with E-state index in [4.69, 9.17) is 0 Å². The molecule has 2 N–H and O–H groups in total. The number of halogens is 1. The molecule has 3 aliphatic heterocycles. The summed E-state index contributed by atoms with van der Waals surface area (Å²) < 4.78 is 73.1. The minimum atomic E-state index is -4.33. The lowest BCUT2D eigenvalue weighted by Gasteiger charge is -2.35. The molecule has 1 fully saturated rings. The molecule has 1 amide bonds. The minimum Gasteiger partial charge on any atom is -0.509 e. The van der Waals surface area contributed by atoms with E-state index >= 15 is 0 Å². The molecule has 1 saturated heterocycles. The number of aliphatic hydroxyl groups is 1. The molecule has 42 heavy (non-hydrogen) atoms. The zero-order chi connectivity index (χ0) is 30.6. The van der Waals surface area contributed by atoms with Crippen molar-refractivity contribution in [3.63, 3.8) is 0 Å². The quantitative estimate of drug-likeness (QED) is 0.484. The second-order valence-electron chi connectivity index (χ2n) is 11.7. The lowest BCUT2D eigenvalue weighted by Crippen LogP contribution is -2.50. The highest BCUT2D eigenvalue weighted by Gasteiger charge is 2.49. The lowest BCUT2D eigenvalue weighted by molar-refractivity contribution is -0.129. The molecule has 3 aliphatic rings. The first-order valence-electron chi connectivity index (χ1n) is 13.5.